The lowest BCUT2D eigenvalue weighted by atomic mass is 10.1. The van der Waals surface area contributed by atoms with Crippen LogP contribution in [-0.4, -0.2) is 23.1 Å². The van der Waals surface area contributed by atoms with Crippen molar-refractivity contribution in [3.8, 4) is 5.75 Å². The topological polar surface area (TPSA) is 35.2 Å². The Hall–Kier alpha value is -0.740. The van der Waals surface area contributed by atoms with Crippen LogP contribution in [0.25, 0.3) is 0 Å². The number of thioether (sulfide) groups is 1. The van der Waals surface area contributed by atoms with Crippen molar-refractivity contribution in [1.29, 1.82) is 0 Å². The summed E-state index contributed by atoms with van der Waals surface area (Å²) in [4.78, 5) is 0.437. The third kappa shape index (κ3) is 4.50. The monoisotopic (exact) mass is 283 g/mol. The van der Waals surface area contributed by atoms with Crippen molar-refractivity contribution < 1.29 is 4.74 Å². The molecule has 0 amide bonds. The molecule has 0 radical (unpaired) electrons. The summed E-state index contributed by atoms with van der Waals surface area (Å²) in [5.41, 5.74) is 8.75. The molecule has 0 bridgehead atoms. The Balaban J connectivity index is 2.63. The quantitative estimate of drug-likeness (QED) is 0.614. The zero-order valence-corrected chi connectivity index (χ0v) is 12.9. The van der Waals surface area contributed by atoms with Gasteiger partial charge in [0, 0.05) is 5.56 Å². The summed E-state index contributed by atoms with van der Waals surface area (Å²) in [6.45, 7) is 7.01. The van der Waals surface area contributed by atoms with Gasteiger partial charge in [-0.25, -0.2) is 0 Å². The Labute approximate surface area is 119 Å². The average molecular weight is 283 g/mol. The van der Waals surface area contributed by atoms with Gasteiger partial charge in [-0.1, -0.05) is 19.1 Å². The molecule has 0 heterocycles. The van der Waals surface area contributed by atoms with Gasteiger partial charge in [0.15, 0.2) is 0 Å². The molecule has 2 N–H and O–H groups in total. The molecule has 0 saturated heterocycles. The van der Waals surface area contributed by atoms with Gasteiger partial charge in [-0.2, -0.15) is 11.8 Å². The van der Waals surface area contributed by atoms with Gasteiger partial charge in [-0.15, -0.1) is 0 Å². The third-order valence-electron chi connectivity index (χ3n) is 2.63. The van der Waals surface area contributed by atoms with E-state index in [0.29, 0.717) is 4.99 Å². The number of benzene rings is 1. The van der Waals surface area contributed by atoms with Gasteiger partial charge in [0.25, 0.3) is 0 Å². The van der Waals surface area contributed by atoms with Crippen LogP contribution in [0.5, 0.6) is 5.75 Å². The van der Waals surface area contributed by atoms with E-state index >= 15 is 0 Å². The second kappa shape index (κ2) is 7.64. The molecule has 18 heavy (non-hydrogen) atoms. The highest BCUT2D eigenvalue weighted by Gasteiger charge is 2.07. The molecule has 100 valence electrons. The van der Waals surface area contributed by atoms with E-state index in [1.165, 1.54) is 5.75 Å². The number of thiocarbonyl (C=S) groups is 1. The molecule has 0 atom stereocenters. The van der Waals surface area contributed by atoms with Gasteiger partial charge >= 0.3 is 0 Å². The molecular weight excluding hydrogens is 262 g/mol. The van der Waals surface area contributed by atoms with Crippen LogP contribution < -0.4 is 10.5 Å². The molecule has 0 unspecified atom stereocenters. The van der Waals surface area contributed by atoms with Crippen LogP contribution in [0.3, 0.4) is 0 Å². The molecule has 0 saturated carbocycles. The summed E-state index contributed by atoms with van der Waals surface area (Å²) >= 11 is 6.94. The van der Waals surface area contributed by atoms with Crippen LogP contribution >= 0.6 is 24.0 Å². The van der Waals surface area contributed by atoms with Gasteiger partial charge in [-0.05, 0) is 55.0 Å². The maximum absolute atomic E-state index is 5.85. The Bertz CT molecular complexity index is 395. The zero-order chi connectivity index (χ0) is 13.5. The van der Waals surface area contributed by atoms with Crippen LogP contribution in [0.1, 0.15) is 30.0 Å². The number of hydrogen-bond donors (Lipinski definition) is 1. The van der Waals surface area contributed by atoms with Crippen molar-refractivity contribution in [3.63, 3.8) is 0 Å². The van der Waals surface area contributed by atoms with Crippen molar-refractivity contribution in [3.05, 3.63) is 28.8 Å². The van der Waals surface area contributed by atoms with Crippen LogP contribution in [0, 0.1) is 13.8 Å². The Kier molecular flexibility index (Phi) is 6.50. The summed E-state index contributed by atoms with van der Waals surface area (Å²) in [5, 5.41) is 0. The summed E-state index contributed by atoms with van der Waals surface area (Å²) in [6.07, 6.45) is 1.08. The molecule has 0 aliphatic carbocycles. The van der Waals surface area contributed by atoms with E-state index in [4.69, 9.17) is 22.7 Å². The molecule has 0 aromatic heterocycles. The molecule has 0 fully saturated rings. The van der Waals surface area contributed by atoms with E-state index in [9.17, 15) is 0 Å². The van der Waals surface area contributed by atoms with E-state index in [0.717, 1.165) is 41.2 Å². The molecule has 1 aromatic rings. The van der Waals surface area contributed by atoms with Crippen molar-refractivity contribution >= 4 is 29.0 Å². The normalized spacial score (nSPS) is 10.4. The Morgan fingerprint density at radius 1 is 1.33 bits per heavy atom. The summed E-state index contributed by atoms with van der Waals surface area (Å²) in [7, 11) is 0. The zero-order valence-electron chi connectivity index (χ0n) is 11.3. The van der Waals surface area contributed by atoms with Crippen molar-refractivity contribution in [2.45, 2.75) is 27.2 Å². The molecule has 2 nitrogen and oxygen atoms in total. The van der Waals surface area contributed by atoms with Gasteiger partial charge < -0.3 is 10.5 Å². The van der Waals surface area contributed by atoms with Gasteiger partial charge in [0.1, 0.15) is 10.7 Å². The van der Waals surface area contributed by atoms with Crippen LogP contribution in [0.15, 0.2) is 12.1 Å². The van der Waals surface area contributed by atoms with Crippen LogP contribution in [0.4, 0.5) is 0 Å². The Morgan fingerprint density at radius 3 is 2.44 bits per heavy atom. The maximum Gasteiger partial charge on any atom is 0.125 e. The van der Waals surface area contributed by atoms with Gasteiger partial charge in [-0.3, -0.25) is 0 Å². The number of nitrogens with two attached hydrogens (primary N) is 1. The molecule has 1 aromatic carbocycles. The minimum Gasteiger partial charge on any atom is -0.493 e. The van der Waals surface area contributed by atoms with E-state index in [1.807, 2.05) is 37.7 Å². The summed E-state index contributed by atoms with van der Waals surface area (Å²) in [5.74, 6) is 3.29. The first kappa shape index (κ1) is 15.3. The number of rotatable bonds is 7. The smallest absolute Gasteiger partial charge is 0.125 e. The fraction of sp³-hybridized carbons (Fsp3) is 0.500. The van der Waals surface area contributed by atoms with E-state index in [-0.39, 0.29) is 0 Å². The van der Waals surface area contributed by atoms with Crippen molar-refractivity contribution in [1.82, 2.24) is 0 Å². The number of hydrogen-bond acceptors (Lipinski definition) is 3. The molecular formula is C14H21NOS2. The van der Waals surface area contributed by atoms with Gasteiger partial charge in [0.2, 0.25) is 0 Å². The van der Waals surface area contributed by atoms with Crippen molar-refractivity contribution in [2.24, 2.45) is 5.73 Å². The fourth-order valence-electron chi connectivity index (χ4n) is 1.80. The lowest BCUT2D eigenvalue weighted by Crippen LogP contribution is -2.11. The highest BCUT2D eigenvalue weighted by Crippen LogP contribution is 2.25. The Morgan fingerprint density at radius 2 is 1.94 bits per heavy atom. The molecule has 0 spiro atoms. The van der Waals surface area contributed by atoms with E-state index in [1.54, 1.807) is 0 Å². The van der Waals surface area contributed by atoms with E-state index in [2.05, 4.69) is 6.92 Å². The minimum absolute atomic E-state index is 0.437. The predicted molar refractivity (Wildman–Crippen MR) is 84.9 cm³/mol. The van der Waals surface area contributed by atoms with Gasteiger partial charge in [0.05, 0.1) is 6.61 Å². The van der Waals surface area contributed by atoms with Crippen molar-refractivity contribution in [2.75, 3.05) is 18.1 Å². The first-order chi connectivity index (χ1) is 8.56. The second-order valence-corrected chi connectivity index (χ2v) is 6.04. The summed E-state index contributed by atoms with van der Waals surface area (Å²) in [6, 6.07) is 3.98. The first-order valence-corrected chi connectivity index (χ1v) is 7.74. The highest BCUT2D eigenvalue weighted by molar-refractivity contribution is 7.99. The standard InChI is InChI=1S/C14H21NOS2/c1-4-18-7-5-6-16-13-10(2)8-12(14(15)17)9-11(13)3/h8-9H,4-7H2,1-3H3,(H2,15,17). The third-order valence-corrected chi connectivity index (χ3v) is 3.85. The second-order valence-electron chi connectivity index (χ2n) is 4.20. The number of ether oxygens (including phenoxy) is 1. The average Bonchev–Trinajstić information content (AvgIpc) is 2.31. The predicted octanol–water partition coefficient (Wildman–Crippen LogP) is 3.46. The first-order valence-electron chi connectivity index (χ1n) is 6.17. The van der Waals surface area contributed by atoms with E-state index < -0.39 is 0 Å². The maximum atomic E-state index is 5.85. The lowest BCUT2D eigenvalue weighted by Gasteiger charge is -2.13. The molecule has 1 rings (SSSR count). The molecule has 0 aliphatic heterocycles. The largest absolute Gasteiger partial charge is 0.493 e. The van der Waals surface area contributed by atoms with Crippen LogP contribution in [0.2, 0.25) is 0 Å². The highest BCUT2D eigenvalue weighted by atomic mass is 32.2. The molecule has 0 aliphatic rings. The lowest BCUT2D eigenvalue weighted by molar-refractivity contribution is 0.314. The number of aryl methyl sites for hydroxylation is 2. The SMILES string of the molecule is CCSCCCOc1c(C)cc(C(N)=S)cc1C. The fourth-order valence-corrected chi connectivity index (χ4v) is 2.53. The summed E-state index contributed by atoms with van der Waals surface area (Å²) < 4.78 is 5.85. The minimum atomic E-state index is 0.437. The molecule has 4 heteroatoms. The van der Waals surface area contributed by atoms with Crippen LogP contribution in [-0.2, 0) is 0 Å².